The van der Waals surface area contributed by atoms with Crippen molar-refractivity contribution in [2.24, 2.45) is 10.9 Å². The molecule has 170 valence electrons. The van der Waals surface area contributed by atoms with Gasteiger partial charge in [0.05, 0.1) is 5.69 Å². The van der Waals surface area contributed by atoms with E-state index in [9.17, 15) is 8.78 Å². The molecule has 2 saturated heterocycles. The second-order valence-electron chi connectivity index (χ2n) is 8.21. The standard InChI is InChI=1S/C21H34F2N6.HI/c1-17(16-27-8-6-26(3)7-9-27)15-25-21(24-2)29-12-10-28(11-13-29)20-14-18(22)4-5-19(20)23;/h4-5,14,17H,6-13,15-16H2,1-3H3,(H,24,25);1H. The zero-order valence-corrected chi connectivity index (χ0v) is 20.6. The molecule has 1 aromatic carbocycles. The molecule has 0 radical (unpaired) electrons. The highest BCUT2D eigenvalue weighted by molar-refractivity contribution is 14.0. The number of likely N-dealkylation sites (N-methyl/N-ethyl adjacent to an activating group) is 1. The van der Waals surface area contributed by atoms with Crippen LogP contribution in [0.15, 0.2) is 23.2 Å². The number of aliphatic imine (C=N–C) groups is 1. The molecule has 1 atom stereocenters. The SMILES string of the molecule is CN=C(NCC(C)CN1CCN(C)CC1)N1CCN(c2cc(F)ccc2F)CC1.I. The number of anilines is 1. The van der Waals surface area contributed by atoms with Crippen molar-refractivity contribution in [3.63, 3.8) is 0 Å². The summed E-state index contributed by atoms with van der Waals surface area (Å²) >= 11 is 0. The van der Waals surface area contributed by atoms with Crippen LogP contribution in [0.2, 0.25) is 0 Å². The lowest BCUT2D eigenvalue weighted by molar-refractivity contribution is 0.139. The lowest BCUT2D eigenvalue weighted by Gasteiger charge is -2.38. The Kier molecular flexibility index (Phi) is 10.0. The van der Waals surface area contributed by atoms with Crippen molar-refractivity contribution in [3.8, 4) is 0 Å². The van der Waals surface area contributed by atoms with E-state index in [1.807, 2.05) is 4.90 Å². The van der Waals surface area contributed by atoms with E-state index in [0.29, 0.717) is 24.7 Å². The van der Waals surface area contributed by atoms with E-state index in [0.717, 1.165) is 64.4 Å². The minimum atomic E-state index is -0.407. The first-order valence-electron chi connectivity index (χ1n) is 10.5. The Bertz CT molecular complexity index is 688. The van der Waals surface area contributed by atoms with Crippen molar-refractivity contribution < 1.29 is 8.78 Å². The summed E-state index contributed by atoms with van der Waals surface area (Å²) in [6.45, 7) is 11.5. The van der Waals surface area contributed by atoms with Crippen LogP contribution in [-0.4, -0.2) is 100 Å². The molecule has 9 heteroatoms. The van der Waals surface area contributed by atoms with Crippen LogP contribution in [0, 0.1) is 17.6 Å². The number of halogens is 3. The van der Waals surface area contributed by atoms with Gasteiger partial charge in [-0.25, -0.2) is 8.78 Å². The van der Waals surface area contributed by atoms with E-state index >= 15 is 0 Å². The topological polar surface area (TPSA) is 37.4 Å². The van der Waals surface area contributed by atoms with E-state index in [2.05, 4.69) is 39.0 Å². The molecule has 2 fully saturated rings. The summed E-state index contributed by atoms with van der Waals surface area (Å²) < 4.78 is 27.5. The number of piperazine rings is 2. The Hall–Kier alpha value is -1.20. The third-order valence-corrected chi connectivity index (χ3v) is 5.81. The molecule has 1 unspecified atom stereocenters. The summed E-state index contributed by atoms with van der Waals surface area (Å²) in [4.78, 5) is 13.4. The highest BCUT2D eigenvalue weighted by Gasteiger charge is 2.23. The zero-order chi connectivity index (χ0) is 20.8. The van der Waals surface area contributed by atoms with Gasteiger partial charge in [-0.1, -0.05) is 6.92 Å². The van der Waals surface area contributed by atoms with Crippen molar-refractivity contribution in [3.05, 3.63) is 29.8 Å². The second-order valence-corrected chi connectivity index (χ2v) is 8.21. The average molecular weight is 536 g/mol. The number of hydrogen-bond acceptors (Lipinski definition) is 4. The fourth-order valence-electron chi connectivity index (χ4n) is 4.02. The van der Waals surface area contributed by atoms with E-state index in [-0.39, 0.29) is 29.8 Å². The number of hydrogen-bond donors (Lipinski definition) is 1. The molecule has 1 aromatic rings. The lowest BCUT2D eigenvalue weighted by Crippen LogP contribution is -2.53. The smallest absolute Gasteiger partial charge is 0.193 e. The summed E-state index contributed by atoms with van der Waals surface area (Å²) in [5.41, 5.74) is 0.341. The van der Waals surface area contributed by atoms with Gasteiger partial charge in [0.2, 0.25) is 0 Å². The van der Waals surface area contributed by atoms with Crippen LogP contribution < -0.4 is 10.2 Å². The first kappa shape index (κ1) is 25.1. The Balaban J connectivity index is 0.00000320. The minimum absolute atomic E-state index is 0. The predicted octanol–water partition coefficient (Wildman–Crippen LogP) is 2.16. The van der Waals surface area contributed by atoms with Crippen LogP contribution in [0.1, 0.15) is 6.92 Å². The monoisotopic (exact) mass is 536 g/mol. The Morgan fingerprint density at radius 2 is 1.73 bits per heavy atom. The predicted molar refractivity (Wildman–Crippen MR) is 130 cm³/mol. The summed E-state index contributed by atoms with van der Waals surface area (Å²) in [6.07, 6.45) is 0. The fraction of sp³-hybridized carbons (Fsp3) is 0.667. The van der Waals surface area contributed by atoms with Gasteiger partial charge in [0.15, 0.2) is 5.96 Å². The fourth-order valence-corrected chi connectivity index (χ4v) is 4.02. The second kappa shape index (κ2) is 12.0. The number of nitrogens with zero attached hydrogens (tertiary/aromatic N) is 5. The number of guanidine groups is 1. The molecule has 2 aliphatic heterocycles. The molecular formula is C21H35F2IN6. The first-order chi connectivity index (χ1) is 14.0. The van der Waals surface area contributed by atoms with Gasteiger partial charge in [-0.3, -0.25) is 4.99 Å². The molecule has 3 rings (SSSR count). The Labute approximate surface area is 196 Å². The third-order valence-electron chi connectivity index (χ3n) is 5.81. The first-order valence-corrected chi connectivity index (χ1v) is 10.5. The maximum absolute atomic E-state index is 14.0. The number of nitrogens with one attached hydrogen (secondary N) is 1. The Morgan fingerprint density at radius 3 is 2.37 bits per heavy atom. The number of benzene rings is 1. The van der Waals surface area contributed by atoms with Crippen molar-refractivity contribution >= 4 is 35.6 Å². The minimum Gasteiger partial charge on any atom is -0.366 e. The molecule has 0 saturated carbocycles. The molecule has 2 aliphatic rings. The molecule has 0 aliphatic carbocycles. The van der Waals surface area contributed by atoms with Gasteiger partial charge in [0.25, 0.3) is 0 Å². The molecule has 1 N–H and O–H groups in total. The van der Waals surface area contributed by atoms with Crippen molar-refractivity contribution in [1.82, 2.24) is 20.0 Å². The van der Waals surface area contributed by atoms with E-state index in [1.54, 1.807) is 7.05 Å². The molecule has 0 aromatic heterocycles. The summed E-state index contributed by atoms with van der Waals surface area (Å²) in [7, 11) is 3.97. The number of rotatable bonds is 5. The zero-order valence-electron chi connectivity index (χ0n) is 18.3. The van der Waals surface area contributed by atoms with Gasteiger partial charge in [0.1, 0.15) is 11.6 Å². The molecule has 0 bridgehead atoms. The van der Waals surface area contributed by atoms with Gasteiger partial charge >= 0.3 is 0 Å². The normalized spacial score (nSPS) is 20.1. The van der Waals surface area contributed by atoms with Crippen LogP contribution in [-0.2, 0) is 0 Å². The van der Waals surface area contributed by atoms with Crippen molar-refractivity contribution in [2.45, 2.75) is 6.92 Å². The third kappa shape index (κ3) is 6.91. The highest BCUT2D eigenvalue weighted by Crippen LogP contribution is 2.22. The van der Waals surface area contributed by atoms with E-state index < -0.39 is 5.82 Å². The van der Waals surface area contributed by atoms with Crippen LogP contribution in [0.3, 0.4) is 0 Å². The molecule has 2 heterocycles. The van der Waals surface area contributed by atoms with Gasteiger partial charge < -0.3 is 24.9 Å². The van der Waals surface area contributed by atoms with Gasteiger partial charge in [0, 0.05) is 78.6 Å². The lowest BCUT2D eigenvalue weighted by atomic mass is 10.1. The molecular weight excluding hydrogens is 501 g/mol. The van der Waals surface area contributed by atoms with Gasteiger partial charge in [-0.2, -0.15) is 0 Å². The van der Waals surface area contributed by atoms with Crippen LogP contribution in [0.5, 0.6) is 0 Å². The van der Waals surface area contributed by atoms with Crippen molar-refractivity contribution in [2.75, 3.05) is 84.4 Å². The largest absolute Gasteiger partial charge is 0.366 e. The quantitative estimate of drug-likeness (QED) is 0.355. The maximum Gasteiger partial charge on any atom is 0.193 e. The van der Waals surface area contributed by atoms with E-state index in [1.165, 1.54) is 12.1 Å². The maximum atomic E-state index is 14.0. The molecule has 6 nitrogen and oxygen atoms in total. The van der Waals surface area contributed by atoms with Crippen LogP contribution in [0.25, 0.3) is 0 Å². The Morgan fingerprint density at radius 1 is 1.07 bits per heavy atom. The van der Waals surface area contributed by atoms with Crippen LogP contribution >= 0.6 is 24.0 Å². The van der Waals surface area contributed by atoms with Crippen LogP contribution in [0.4, 0.5) is 14.5 Å². The van der Waals surface area contributed by atoms with E-state index in [4.69, 9.17) is 0 Å². The molecule has 0 spiro atoms. The summed E-state index contributed by atoms with van der Waals surface area (Å²) in [5.74, 6) is 0.628. The van der Waals surface area contributed by atoms with Crippen molar-refractivity contribution in [1.29, 1.82) is 0 Å². The molecule has 30 heavy (non-hydrogen) atoms. The average Bonchev–Trinajstić information content (AvgIpc) is 2.72. The molecule has 0 amide bonds. The van der Waals surface area contributed by atoms with Gasteiger partial charge in [-0.05, 0) is 25.1 Å². The highest BCUT2D eigenvalue weighted by atomic mass is 127. The van der Waals surface area contributed by atoms with Gasteiger partial charge in [-0.15, -0.1) is 24.0 Å². The summed E-state index contributed by atoms with van der Waals surface area (Å²) in [6, 6.07) is 3.63. The summed E-state index contributed by atoms with van der Waals surface area (Å²) in [5, 5.41) is 3.50.